The number of nitroso groups, excluding NO2 is 1. The molecule has 25 heavy (non-hydrogen) atoms. The molecule has 2 rings (SSSR count). The Morgan fingerprint density at radius 1 is 1.24 bits per heavy atom. The van der Waals surface area contributed by atoms with Crippen molar-refractivity contribution >= 4 is 11.7 Å². The number of esters is 1. The summed E-state index contributed by atoms with van der Waals surface area (Å²) in [6.45, 7) is 6.87. The molecule has 2 atom stereocenters. The first-order valence-corrected chi connectivity index (χ1v) is 9.60. The highest BCUT2D eigenvalue weighted by atomic mass is 16.5. The third kappa shape index (κ3) is 5.65. The second-order valence-corrected chi connectivity index (χ2v) is 7.96. The number of hydrogen-bond acceptors (Lipinski definition) is 4. The van der Waals surface area contributed by atoms with Gasteiger partial charge in [0.05, 0.1) is 5.56 Å². The quantitative estimate of drug-likeness (QED) is 0.404. The number of hydrogen-bond donors (Lipinski definition) is 0. The summed E-state index contributed by atoms with van der Waals surface area (Å²) in [6.07, 6.45) is 9.17. The average molecular weight is 345 g/mol. The lowest BCUT2D eigenvalue weighted by atomic mass is 9.67. The van der Waals surface area contributed by atoms with Crippen molar-refractivity contribution in [3.05, 3.63) is 34.7 Å². The van der Waals surface area contributed by atoms with Gasteiger partial charge in [-0.3, -0.25) is 0 Å². The van der Waals surface area contributed by atoms with Crippen LogP contribution in [0.1, 0.15) is 82.5 Å². The van der Waals surface area contributed by atoms with Gasteiger partial charge in [-0.05, 0) is 72.9 Å². The minimum atomic E-state index is -0.307. The molecule has 0 heterocycles. The van der Waals surface area contributed by atoms with Crippen molar-refractivity contribution in [2.24, 2.45) is 16.5 Å². The van der Waals surface area contributed by atoms with Gasteiger partial charge >= 0.3 is 5.97 Å². The third-order valence-corrected chi connectivity index (χ3v) is 5.66. The van der Waals surface area contributed by atoms with Crippen molar-refractivity contribution in [2.45, 2.75) is 78.2 Å². The fourth-order valence-electron chi connectivity index (χ4n) is 3.95. The Hall–Kier alpha value is -1.71. The van der Waals surface area contributed by atoms with E-state index in [0.717, 1.165) is 31.6 Å². The van der Waals surface area contributed by atoms with E-state index in [2.05, 4.69) is 25.9 Å². The molecule has 1 aliphatic rings. The first-order valence-electron chi connectivity index (χ1n) is 9.60. The first-order chi connectivity index (χ1) is 12.0. The van der Waals surface area contributed by atoms with Crippen LogP contribution in [0, 0.1) is 16.2 Å². The van der Waals surface area contributed by atoms with E-state index in [9.17, 15) is 9.70 Å². The maximum atomic E-state index is 12.4. The molecule has 1 aromatic carbocycles. The molecule has 0 bridgehead atoms. The molecule has 0 saturated heterocycles. The van der Waals surface area contributed by atoms with Gasteiger partial charge in [0.15, 0.2) is 0 Å². The first kappa shape index (κ1) is 19.6. The molecule has 1 fully saturated rings. The lowest BCUT2D eigenvalue weighted by molar-refractivity contribution is 0.0207. The fourth-order valence-corrected chi connectivity index (χ4v) is 3.95. The van der Waals surface area contributed by atoms with Gasteiger partial charge in [0, 0.05) is 0 Å². The Bertz CT molecular complexity index is 565. The number of ether oxygens (including phenoxy) is 1. The summed E-state index contributed by atoms with van der Waals surface area (Å²) in [7, 11) is 0. The fraction of sp³-hybridized carbons (Fsp3) is 0.667. The van der Waals surface area contributed by atoms with Gasteiger partial charge in [0.2, 0.25) is 0 Å². The lowest BCUT2D eigenvalue weighted by Gasteiger charge is -2.39. The summed E-state index contributed by atoms with van der Waals surface area (Å²) < 4.78 is 5.76. The molecule has 0 aromatic heterocycles. The van der Waals surface area contributed by atoms with Crippen LogP contribution >= 0.6 is 0 Å². The normalized spacial score (nSPS) is 20.7. The monoisotopic (exact) mass is 345 g/mol. The molecule has 2 unspecified atom stereocenters. The van der Waals surface area contributed by atoms with E-state index in [4.69, 9.17) is 4.74 Å². The van der Waals surface area contributed by atoms with E-state index in [1.807, 2.05) is 0 Å². The van der Waals surface area contributed by atoms with Crippen LogP contribution in [0.4, 0.5) is 5.69 Å². The predicted octanol–water partition coefficient (Wildman–Crippen LogP) is 6.41. The SMILES string of the molecule is CCCC(CCC1CCCCC1(C)C)OC(=O)c1ccc(N=O)cc1. The molecule has 1 saturated carbocycles. The molecule has 0 aliphatic heterocycles. The zero-order valence-electron chi connectivity index (χ0n) is 15.8. The van der Waals surface area contributed by atoms with Crippen LogP contribution in [-0.4, -0.2) is 12.1 Å². The minimum Gasteiger partial charge on any atom is -0.459 e. The van der Waals surface area contributed by atoms with Crippen LogP contribution in [0.2, 0.25) is 0 Å². The molecular weight excluding hydrogens is 314 g/mol. The maximum absolute atomic E-state index is 12.4. The van der Waals surface area contributed by atoms with E-state index in [1.165, 1.54) is 25.7 Å². The number of rotatable bonds is 8. The number of carbonyl (C=O) groups excluding carboxylic acids is 1. The van der Waals surface area contributed by atoms with Crippen LogP contribution in [0.15, 0.2) is 29.4 Å². The molecule has 4 nitrogen and oxygen atoms in total. The Morgan fingerprint density at radius 2 is 1.96 bits per heavy atom. The van der Waals surface area contributed by atoms with E-state index < -0.39 is 0 Å². The van der Waals surface area contributed by atoms with Gasteiger partial charge in [0.25, 0.3) is 0 Å². The Kier molecular flexibility index (Phi) is 7.15. The number of carbonyl (C=O) groups is 1. The molecule has 1 aliphatic carbocycles. The van der Waals surface area contributed by atoms with Gasteiger partial charge < -0.3 is 4.74 Å². The van der Waals surface area contributed by atoms with E-state index >= 15 is 0 Å². The van der Waals surface area contributed by atoms with E-state index in [1.54, 1.807) is 24.3 Å². The number of benzene rings is 1. The van der Waals surface area contributed by atoms with Crippen LogP contribution in [0.3, 0.4) is 0 Å². The molecule has 1 aromatic rings. The zero-order chi connectivity index (χ0) is 18.3. The maximum Gasteiger partial charge on any atom is 0.338 e. The average Bonchev–Trinajstić information content (AvgIpc) is 2.60. The molecule has 0 spiro atoms. The lowest BCUT2D eigenvalue weighted by Crippen LogP contribution is -2.29. The zero-order valence-corrected chi connectivity index (χ0v) is 15.8. The summed E-state index contributed by atoms with van der Waals surface area (Å²) >= 11 is 0. The van der Waals surface area contributed by atoms with Crippen LogP contribution in [-0.2, 0) is 4.74 Å². The van der Waals surface area contributed by atoms with Crippen molar-refractivity contribution in [3.8, 4) is 0 Å². The summed E-state index contributed by atoms with van der Waals surface area (Å²) in [4.78, 5) is 22.8. The minimum absolute atomic E-state index is 0.0286. The van der Waals surface area contributed by atoms with E-state index in [0.29, 0.717) is 16.7 Å². The van der Waals surface area contributed by atoms with Gasteiger partial charge in [-0.1, -0.05) is 40.0 Å². The van der Waals surface area contributed by atoms with Gasteiger partial charge in [-0.2, -0.15) is 0 Å². The molecule has 0 N–H and O–H groups in total. The van der Waals surface area contributed by atoms with Gasteiger partial charge in [0.1, 0.15) is 11.8 Å². The number of nitrogens with zero attached hydrogens (tertiary/aromatic N) is 1. The van der Waals surface area contributed by atoms with Gasteiger partial charge in [-0.15, -0.1) is 4.91 Å². The molecular formula is C21H31NO3. The third-order valence-electron chi connectivity index (χ3n) is 5.66. The smallest absolute Gasteiger partial charge is 0.338 e. The second kappa shape index (κ2) is 9.12. The Morgan fingerprint density at radius 3 is 2.56 bits per heavy atom. The summed E-state index contributed by atoms with van der Waals surface area (Å²) in [5.41, 5.74) is 1.20. The largest absolute Gasteiger partial charge is 0.459 e. The van der Waals surface area contributed by atoms with E-state index in [-0.39, 0.29) is 12.1 Å². The topological polar surface area (TPSA) is 55.7 Å². The Labute approximate surface area is 151 Å². The highest BCUT2D eigenvalue weighted by Gasteiger charge is 2.32. The van der Waals surface area contributed by atoms with Crippen molar-refractivity contribution in [1.29, 1.82) is 0 Å². The van der Waals surface area contributed by atoms with Gasteiger partial charge in [-0.25, -0.2) is 4.79 Å². The second-order valence-electron chi connectivity index (χ2n) is 7.96. The van der Waals surface area contributed by atoms with Crippen LogP contribution in [0.5, 0.6) is 0 Å². The van der Waals surface area contributed by atoms with Crippen LogP contribution in [0.25, 0.3) is 0 Å². The summed E-state index contributed by atoms with van der Waals surface area (Å²) in [5.74, 6) is 0.413. The molecule has 0 amide bonds. The standard InChI is InChI=1S/C21H31NO3/c1-4-7-19(14-11-17-8-5-6-15-21(17,2)3)25-20(23)16-9-12-18(22-24)13-10-16/h9-10,12-13,17,19H,4-8,11,14-15H2,1-3H3. The summed E-state index contributed by atoms with van der Waals surface area (Å²) in [5, 5.41) is 2.85. The Balaban J connectivity index is 1.92. The molecule has 138 valence electrons. The highest BCUT2D eigenvalue weighted by molar-refractivity contribution is 5.89. The summed E-state index contributed by atoms with van der Waals surface area (Å²) in [6, 6.07) is 6.30. The van der Waals surface area contributed by atoms with Crippen molar-refractivity contribution < 1.29 is 9.53 Å². The van der Waals surface area contributed by atoms with Crippen molar-refractivity contribution in [1.82, 2.24) is 0 Å². The van der Waals surface area contributed by atoms with Crippen molar-refractivity contribution in [2.75, 3.05) is 0 Å². The van der Waals surface area contributed by atoms with Crippen molar-refractivity contribution in [3.63, 3.8) is 0 Å². The molecule has 0 radical (unpaired) electrons. The highest BCUT2D eigenvalue weighted by Crippen LogP contribution is 2.43. The van der Waals surface area contributed by atoms with Crippen LogP contribution < -0.4 is 0 Å². The predicted molar refractivity (Wildman–Crippen MR) is 101 cm³/mol. The molecule has 4 heteroatoms.